The number of unbranched alkanes of at least 4 members (excludes halogenated alkanes) is 1. The van der Waals surface area contributed by atoms with Crippen LogP contribution in [0, 0.1) is 0 Å². The molecule has 0 aliphatic rings. The lowest BCUT2D eigenvalue weighted by Crippen LogP contribution is -2.03. The molecule has 1 aromatic heterocycles. The first-order chi connectivity index (χ1) is 7.31. The fraction of sp³-hybridized carbons (Fsp3) is 0.583. The molecule has 0 aliphatic heterocycles. The standard InChI is InChI=1S/C12H21N3/c1-3-10-7-8-11(6-4-5-9-13)15-12(10)14-2/h7-8H,3-6,9,13H2,1-2H3,(H,14,15). The fourth-order valence-electron chi connectivity index (χ4n) is 1.62. The van der Waals surface area contributed by atoms with E-state index in [-0.39, 0.29) is 0 Å². The van der Waals surface area contributed by atoms with Crippen LogP contribution in [-0.4, -0.2) is 18.6 Å². The van der Waals surface area contributed by atoms with Gasteiger partial charge in [-0.25, -0.2) is 4.98 Å². The van der Waals surface area contributed by atoms with E-state index in [0.29, 0.717) is 0 Å². The van der Waals surface area contributed by atoms with Crippen molar-refractivity contribution in [3.05, 3.63) is 23.4 Å². The lowest BCUT2D eigenvalue weighted by molar-refractivity contribution is 0.732. The number of aryl methyl sites for hydroxylation is 2. The van der Waals surface area contributed by atoms with Gasteiger partial charge in [0.2, 0.25) is 0 Å². The van der Waals surface area contributed by atoms with Gasteiger partial charge >= 0.3 is 0 Å². The molecule has 0 aromatic carbocycles. The zero-order valence-corrected chi connectivity index (χ0v) is 9.71. The summed E-state index contributed by atoms with van der Waals surface area (Å²) in [5.74, 6) is 1.02. The van der Waals surface area contributed by atoms with E-state index in [4.69, 9.17) is 5.73 Å². The summed E-state index contributed by atoms with van der Waals surface area (Å²) < 4.78 is 0. The van der Waals surface area contributed by atoms with Crippen molar-refractivity contribution < 1.29 is 0 Å². The van der Waals surface area contributed by atoms with E-state index >= 15 is 0 Å². The summed E-state index contributed by atoms with van der Waals surface area (Å²) in [4.78, 5) is 4.58. The zero-order chi connectivity index (χ0) is 11.1. The van der Waals surface area contributed by atoms with Gasteiger partial charge < -0.3 is 11.1 Å². The molecular weight excluding hydrogens is 186 g/mol. The van der Waals surface area contributed by atoms with Crippen molar-refractivity contribution in [2.75, 3.05) is 18.9 Å². The van der Waals surface area contributed by atoms with Crippen LogP contribution in [0.3, 0.4) is 0 Å². The monoisotopic (exact) mass is 207 g/mol. The molecule has 0 aliphatic carbocycles. The molecule has 3 nitrogen and oxygen atoms in total. The number of anilines is 1. The van der Waals surface area contributed by atoms with E-state index in [0.717, 1.165) is 43.7 Å². The third-order valence-electron chi connectivity index (χ3n) is 2.54. The van der Waals surface area contributed by atoms with E-state index < -0.39 is 0 Å². The number of hydrogen-bond donors (Lipinski definition) is 2. The number of nitrogens with zero attached hydrogens (tertiary/aromatic N) is 1. The van der Waals surface area contributed by atoms with Crippen LogP contribution in [0.1, 0.15) is 31.0 Å². The Balaban J connectivity index is 2.66. The Hall–Kier alpha value is -1.09. The van der Waals surface area contributed by atoms with Crippen molar-refractivity contribution >= 4 is 5.82 Å². The van der Waals surface area contributed by atoms with E-state index in [1.165, 1.54) is 5.56 Å². The van der Waals surface area contributed by atoms with Gasteiger partial charge in [0.15, 0.2) is 0 Å². The number of pyridine rings is 1. The largest absolute Gasteiger partial charge is 0.373 e. The van der Waals surface area contributed by atoms with Crippen molar-refractivity contribution in [2.45, 2.75) is 32.6 Å². The average Bonchev–Trinajstić information content (AvgIpc) is 2.29. The van der Waals surface area contributed by atoms with Crippen molar-refractivity contribution in [3.8, 4) is 0 Å². The van der Waals surface area contributed by atoms with Gasteiger partial charge in [-0.3, -0.25) is 0 Å². The molecule has 0 spiro atoms. The molecule has 0 amide bonds. The van der Waals surface area contributed by atoms with Gasteiger partial charge in [-0.2, -0.15) is 0 Å². The fourth-order valence-corrected chi connectivity index (χ4v) is 1.62. The first kappa shape index (κ1) is 12.0. The molecule has 1 rings (SSSR count). The second-order valence-corrected chi connectivity index (χ2v) is 3.66. The highest BCUT2D eigenvalue weighted by molar-refractivity contribution is 5.44. The molecule has 0 saturated heterocycles. The molecule has 3 N–H and O–H groups in total. The molecule has 0 unspecified atom stereocenters. The van der Waals surface area contributed by atoms with Gasteiger partial charge in [0, 0.05) is 12.7 Å². The van der Waals surface area contributed by atoms with Crippen LogP contribution in [0.4, 0.5) is 5.82 Å². The van der Waals surface area contributed by atoms with Crippen molar-refractivity contribution in [2.24, 2.45) is 5.73 Å². The summed E-state index contributed by atoms with van der Waals surface area (Å²) in [7, 11) is 1.92. The van der Waals surface area contributed by atoms with Gasteiger partial charge in [0.1, 0.15) is 5.82 Å². The highest BCUT2D eigenvalue weighted by Crippen LogP contribution is 2.14. The minimum Gasteiger partial charge on any atom is -0.373 e. The quantitative estimate of drug-likeness (QED) is 0.701. The van der Waals surface area contributed by atoms with Gasteiger partial charge in [-0.05, 0) is 43.9 Å². The van der Waals surface area contributed by atoms with E-state index in [1.54, 1.807) is 0 Å². The van der Waals surface area contributed by atoms with Crippen molar-refractivity contribution in [1.82, 2.24) is 4.98 Å². The van der Waals surface area contributed by atoms with E-state index in [2.05, 4.69) is 29.4 Å². The molecule has 84 valence electrons. The van der Waals surface area contributed by atoms with E-state index in [1.807, 2.05) is 7.05 Å². The molecular formula is C12H21N3. The lowest BCUT2D eigenvalue weighted by atomic mass is 10.1. The summed E-state index contributed by atoms with van der Waals surface area (Å²) in [6.45, 7) is 2.91. The van der Waals surface area contributed by atoms with Crippen LogP contribution in [0.5, 0.6) is 0 Å². The smallest absolute Gasteiger partial charge is 0.129 e. The average molecular weight is 207 g/mol. The number of nitrogens with two attached hydrogens (primary N) is 1. The molecule has 0 fully saturated rings. The molecule has 1 heterocycles. The lowest BCUT2D eigenvalue weighted by Gasteiger charge is -2.08. The molecule has 0 bridgehead atoms. The van der Waals surface area contributed by atoms with Crippen LogP contribution >= 0.6 is 0 Å². The summed E-state index contributed by atoms with van der Waals surface area (Å²) in [5, 5.41) is 3.14. The van der Waals surface area contributed by atoms with Crippen LogP contribution in [0.2, 0.25) is 0 Å². The van der Waals surface area contributed by atoms with Crippen LogP contribution < -0.4 is 11.1 Å². The topological polar surface area (TPSA) is 50.9 Å². The first-order valence-electron chi connectivity index (χ1n) is 5.68. The Morgan fingerprint density at radius 2 is 2.13 bits per heavy atom. The molecule has 15 heavy (non-hydrogen) atoms. The zero-order valence-electron chi connectivity index (χ0n) is 9.71. The SMILES string of the molecule is CCc1ccc(CCCCN)nc1NC. The maximum Gasteiger partial charge on any atom is 0.129 e. The Kier molecular flexibility index (Phi) is 5.12. The van der Waals surface area contributed by atoms with Gasteiger partial charge in [-0.15, -0.1) is 0 Å². The normalized spacial score (nSPS) is 10.3. The number of rotatable bonds is 6. The summed E-state index contributed by atoms with van der Waals surface area (Å²) >= 11 is 0. The Bertz CT molecular complexity index is 297. The Labute approximate surface area is 92.1 Å². The number of nitrogens with one attached hydrogen (secondary N) is 1. The molecule has 0 saturated carbocycles. The Morgan fingerprint density at radius 1 is 1.33 bits per heavy atom. The highest BCUT2D eigenvalue weighted by Gasteiger charge is 2.02. The van der Waals surface area contributed by atoms with E-state index in [9.17, 15) is 0 Å². The molecule has 3 heteroatoms. The van der Waals surface area contributed by atoms with Crippen molar-refractivity contribution in [1.29, 1.82) is 0 Å². The predicted molar refractivity (Wildman–Crippen MR) is 65.2 cm³/mol. The highest BCUT2D eigenvalue weighted by atomic mass is 15.0. The maximum absolute atomic E-state index is 5.46. The Morgan fingerprint density at radius 3 is 2.73 bits per heavy atom. The van der Waals surface area contributed by atoms with Crippen LogP contribution in [0.15, 0.2) is 12.1 Å². The molecule has 1 aromatic rings. The molecule has 0 radical (unpaired) electrons. The minimum atomic E-state index is 0.770. The maximum atomic E-state index is 5.46. The minimum absolute atomic E-state index is 0.770. The summed E-state index contributed by atoms with van der Waals surface area (Å²) in [6.07, 6.45) is 4.24. The predicted octanol–water partition coefficient (Wildman–Crippen LogP) is 1.97. The molecule has 0 atom stereocenters. The third kappa shape index (κ3) is 3.51. The van der Waals surface area contributed by atoms with Crippen LogP contribution in [0.25, 0.3) is 0 Å². The first-order valence-corrected chi connectivity index (χ1v) is 5.68. The second kappa shape index (κ2) is 6.40. The third-order valence-corrected chi connectivity index (χ3v) is 2.54. The van der Waals surface area contributed by atoms with Gasteiger partial charge in [-0.1, -0.05) is 13.0 Å². The summed E-state index contributed by atoms with van der Waals surface area (Å²) in [5.41, 5.74) is 7.90. The van der Waals surface area contributed by atoms with Gasteiger partial charge in [0.05, 0.1) is 0 Å². The van der Waals surface area contributed by atoms with Crippen molar-refractivity contribution in [3.63, 3.8) is 0 Å². The van der Waals surface area contributed by atoms with Gasteiger partial charge in [0.25, 0.3) is 0 Å². The number of hydrogen-bond acceptors (Lipinski definition) is 3. The number of aromatic nitrogens is 1. The second-order valence-electron chi connectivity index (χ2n) is 3.66. The van der Waals surface area contributed by atoms with Crippen LogP contribution in [-0.2, 0) is 12.8 Å². The summed E-state index contributed by atoms with van der Waals surface area (Å²) in [6, 6.07) is 4.28.